The van der Waals surface area contributed by atoms with Gasteiger partial charge in [-0.3, -0.25) is 0 Å². The van der Waals surface area contributed by atoms with Crippen LogP contribution in [0, 0.1) is 5.82 Å². The van der Waals surface area contributed by atoms with E-state index >= 15 is 0 Å². The number of hydrogen-bond acceptors (Lipinski definition) is 4. The van der Waals surface area contributed by atoms with Gasteiger partial charge in [-0.25, -0.2) is 4.39 Å². The lowest BCUT2D eigenvalue weighted by molar-refractivity contribution is -0.186. The Morgan fingerprint density at radius 1 is 1.13 bits per heavy atom. The largest absolute Gasteiger partial charge is 0.385 e. The zero-order chi connectivity index (χ0) is 16.3. The molecule has 1 spiro atoms. The van der Waals surface area contributed by atoms with Crippen LogP contribution in [0.3, 0.4) is 0 Å². The van der Waals surface area contributed by atoms with E-state index in [1.807, 2.05) is 12.1 Å². The van der Waals surface area contributed by atoms with Crippen LogP contribution >= 0.6 is 0 Å². The van der Waals surface area contributed by atoms with Crippen molar-refractivity contribution < 1.29 is 18.6 Å². The molecule has 1 unspecified atom stereocenters. The molecule has 0 bridgehead atoms. The second-order valence-electron chi connectivity index (χ2n) is 6.66. The smallest absolute Gasteiger partial charge is 0.168 e. The molecule has 0 amide bonds. The maximum absolute atomic E-state index is 13.3. The Labute approximate surface area is 137 Å². The summed E-state index contributed by atoms with van der Waals surface area (Å²) >= 11 is 0. The summed E-state index contributed by atoms with van der Waals surface area (Å²) in [5, 5.41) is 0. The number of nitrogens with two attached hydrogens (primary N) is 1. The molecule has 2 fully saturated rings. The SMILES string of the molecule is COCCC(N)C1(c2ccc(F)cc2)CCC2(CC1)OCCO2. The van der Waals surface area contributed by atoms with Crippen molar-refractivity contribution in [2.24, 2.45) is 5.73 Å². The third-order valence-corrected chi connectivity index (χ3v) is 5.48. The van der Waals surface area contributed by atoms with Crippen molar-refractivity contribution in [2.45, 2.75) is 49.3 Å². The molecule has 0 aromatic heterocycles. The first-order chi connectivity index (χ1) is 11.1. The van der Waals surface area contributed by atoms with Gasteiger partial charge in [-0.1, -0.05) is 12.1 Å². The summed E-state index contributed by atoms with van der Waals surface area (Å²) in [5.74, 6) is -0.645. The number of rotatable bonds is 5. The zero-order valence-corrected chi connectivity index (χ0v) is 13.7. The van der Waals surface area contributed by atoms with Gasteiger partial charge in [-0.05, 0) is 37.0 Å². The summed E-state index contributed by atoms with van der Waals surface area (Å²) in [7, 11) is 1.69. The highest BCUT2D eigenvalue weighted by Crippen LogP contribution is 2.48. The third kappa shape index (κ3) is 3.29. The lowest BCUT2D eigenvalue weighted by Gasteiger charge is -2.47. The van der Waals surface area contributed by atoms with E-state index in [9.17, 15) is 4.39 Å². The highest BCUT2D eigenvalue weighted by Gasteiger charge is 2.49. The van der Waals surface area contributed by atoms with E-state index < -0.39 is 5.79 Å². The number of hydrogen-bond donors (Lipinski definition) is 1. The van der Waals surface area contributed by atoms with E-state index in [-0.39, 0.29) is 17.3 Å². The molecule has 23 heavy (non-hydrogen) atoms. The second kappa shape index (κ2) is 6.85. The van der Waals surface area contributed by atoms with E-state index in [0.29, 0.717) is 19.8 Å². The Balaban J connectivity index is 1.84. The van der Waals surface area contributed by atoms with Crippen LogP contribution in [-0.4, -0.2) is 38.8 Å². The minimum Gasteiger partial charge on any atom is -0.385 e. The minimum absolute atomic E-state index is 0.0355. The monoisotopic (exact) mass is 323 g/mol. The summed E-state index contributed by atoms with van der Waals surface area (Å²) in [5.41, 5.74) is 7.50. The zero-order valence-electron chi connectivity index (χ0n) is 13.7. The fourth-order valence-electron chi connectivity index (χ4n) is 4.04. The van der Waals surface area contributed by atoms with Crippen LogP contribution < -0.4 is 5.73 Å². The van der Waals surface area contributed by atoms with Gasteiger partial charge in [-0.15, -0.1) is 0 Å². The average Bonchev–Trinajstić information content (AvgIpc) is 3.03. The highest BCUT2D eigenvalue weighted by atomic mass is 19.1. The standard InChI is InChI=1S/C18H26FNO3/c1-21-11-6-16(20)17(14-2-4-15(19)5-3-14)7-9-18(10-8-17)22-12-13-23-18/h2-5,16H,6-13,20H2,1H3. The van der Waals surface area contributed by atoms with Crippen molar-refractivity contribution >= 4 is 0 Å². The highest BCUT2D eigenvalue weighted by molar-refractivity contribution is 5.29. The van der Waals surface area contributed by atoms with Gasteiger partial charge in [0, 0.05) is 38.0 Å². The Kier molecular flexibility index (Phi) is 5.01. The van der Waals surface area contributed by atoms with Gasteiger partial charge in [-0.2, -0.15) is 0 Å². The van der Waals surface area contributed by atoms with Crippen LogP contribution in [0.1, 0.15) is 37.7 Å². The summed E-state index contributed by atoms with van der Waals surface area (Å²) in [6, 6.07) is 6.75. The summed E-state index contributed by atoms with van der Waals surface area (Å²) < 4.78 is 30.2. The fourth-order valence-corrected chi connectivity index (χ4v) is 4.04. The van der Waals surface area contributed by atoms with E-state index in [2.05, 4.69) is 0 Å². The number of methoxy groups -OCH3 is 1. The van der Waals surface area contributed by atoms with Gasteiger partial charge in [0.1, 0.15) is 5.82 Å². The van der Waals surface area contributed by atoms with Gasteiger partial charge < -0.3 is 19.9 Å². The molecule has 0 radical (unpaired) electrons. The predicted octanol–water partition coefficient (Wildman–Crippen LogP) is 2.74. The first kappa shape index (κ1) is 16.8. The van der Waals surface area contributed by atoms with Crippen molar-refractivity contribution in [1.29, 1.82) is 0 Å². The van der Waals surface area contributed by atoms with Crippen LogP contribution in [0.2, 0.25) is 0 Å². The van der Waals surface area contributed by atoms with Crippen molar-refractivity contribution in [3.05, 3.63) is 35.6 Å². The van der Waals surface area contributed by atoms with Crippen molar-refractivity contribution in [3.8, 4) is 0 Å². The molecule has 1 aromatic rings. The van der Waals surface area contributed by atoms with E-state index in [4.69, 9.17) is 19.9 Å². The molecule has 2 N–H and O–H groups in total. The lowest BCUT2D eigenvalue weighted by Crippen LogP contribution is -2.52. The van der Waals surface area contributed by atoms with Crippen LogP contribution in [-0.2, 0) is 19.6 Å². The minimum atomic E-state index is -0.426. The number of halogens is 1. The predicted molar refractivity (Wildman–Crippen MR) is 85.6 cm³/mol. The first-order valence-electron chi connectivity index (χ1n) is 8.39. The normalized spacial score (nSPS) is 24.0. The first-order valence-corrected chi connectivity index (χ1v) is 8.39. The molecule has 4 nitrogen and oxygen atoms in total. The van der Waals surface area contributed by atoms with Gasteiger partial charge in [0.2, 0.25) is 0 Å². The second-order valence-corrected chi connectivity index (χ2v) is 6.66. The van der Waals surface area contributed by atoms with Crippen molar-refractivity contribution in [3.63, 3.8) is 0 Å². The maximum atomic E-state index is 13.3. The van der Waals surface area contributed by atoms with E-state index in [0.717, 1.165) is 37.7 Å². The molecule has 128 valence electrons. The maximum Gasteiger partial charge on any atom is 0.168 e. The molecule has 1 aromatic carbocycles. The van der Waals surface area contributed by atoms with E-state index in [1.54, 1.807) is 7.11 Å². The quantitative estimate of drug-likeness (QED) is 0.905. The third-order valence-electron chi connectivity index (χ3n) is 5.48. The van der Waals surface area contributed by atoms with Crippen LogP contribution in [0.25, 0.3) is 0 Å². The molecule has 2 aliphatic rings. The molecular formula is C18H26FNO3. The van der Waals surface area contributed by atoms with Gasteiger partial charge in [0.15, 0.2) is 5.79 Å². The van der Waals surface area contributed by atoms with Gasteiger partial charge >= 0.3 is 0 Å². The van der Waals surface area contributed by atoms with Crippen LogP contribution in [0.4, 0.5) is 4.39 Å². The molecule has 1 aliphatic heterocycles. The Morgan fingerprint density at radius 2 is 1.74 bits per heavy atom. The molecule has 1 aliphatic carbocycles. The van der Waals surface area contributed by atoms with Crippen LogP contribution in [0.15, 0.2) is 24.3 Å². The molecule has 1 heterocycles. The molecular weight excluding hydrogens is 297 g/mol. The summed E-state index contributed by atoms with van der Waals surface area (Å²) in [4.78, 5) is 0. The van der Waals surface area contributed by atoms with Gasteiger partial charge in [0.25, 0.3) is 0 Å². The molecule has 1 saturated carbocycles. The lowest BCUT2D eigenvalue weighted by atomic mass is 9.63. The number of benzene rings is 1. The van der Waals surface area contributed by atoms with Crippen LogP contribution in [0.5, 0.6) is 0 Å². The Hall–Kier alpha value is -1.01. The van der Waals surface area contributed by atoms with Crippen molar-refractivity contribution in [2.75, 3.05) is 26.9 Å². The number of ether oxygens (including phenoxy) is 3. The Morgan fingerprint density at radius 3 is 2.30 bits per heavy atom. The molecule has 5 heteroatoms. The summed E-state index contributed by atoms with van der Waals surface area (Å²) in [6.45, 7) is 1.96. The fraction of sp³-hybridized carbons (Fsp3) is 0.667. The topological polar surface area (TPSA) is 53.7 Å². The molecule has 1 saturated heterocycles. The summed E-state index contributed by atoms with van der Waals surface area (Å²) in [6.07, 6.45) is 4.19. The van der Waals surface area contributed by atoms with Crippen molar-refractivity contribution in [1.82, 2.24) is 0 Å². The van der Waals surface area contributed by atoms with Gasteiger partial charge in [0.05, 0.1) is 13.2 Å². The average molecular weight is 323 g/mol. The Bertz CT molecular complexity index is 504. The van der Waals surface area contributed by atoms with E-state index in [1.165, 1.54) is 12.1 Å². The molecule has 1 atom stereocenters. The molecule has 3 rings (SSSR count).